The molecule has 6 nitrogen and oxygen atoms in total. The summed E-state index contributed by atoms with van der Waals surface area (Å²) in [5.41, 5.74) is -0.671. The van der Waals surface area contributed by atoms with E-state index in [1.807, 2.05) is 6.92 Å². The van der Waals surface area contributed by atoms with Crippen molar-refractivity contribution in [2.24, 2.45) is 0 Å². The zero-order valence-electron chi connectivity index (χ0n) is 12.4. The van der Waals surface area contributed by atoms with Crippen molar-refractivity contribution in [3.8, 4) is 0 Å². The number of hydrogen-bond donors (Lipinski definition) is 1. The van der Waals surface area contributed by atoms with Crippen molar-refractivity contribution >= 4 is 9.84 Å². The summed E-state index contributed by atoms with van der Waals surface area (Å²) in [5.74, 6) is -3.15. The van der Waals surface area contributed by atoms with Crippen LogP contribution in [-0.4, -0.2) is 29.4 Å². The molecule has 1 heterocycles. The number of aliphatic hydroxyl groups excluding tert-OH is 1. The van der Waals surface area contributed by atoms with Crippen LogP contribution in [0, 0.1) is 11.6 Å². The Hall–Kier alpha value is -1.87. The van der Waals surface area contributed by atoms with Crippen LogP contribution < -0.4 is 0 Å². The first-order valence-corrected chi connectivity index (χ1v) is 8.78. The van der Waals surface area contributed by atoms with Gasteiger partial charge in [0.25, 0.3) is 0 Å². The summed E-state index contributed by atoms with van der Waals surface area (Å²) in [7, 11) is -3.89. The summed E-state index contributed by atoms with van der Waals surface area (Å²) in [6.07, 6.45) is -0.529. The Morgan fingerprint density at radius 1 is 1.30 bits per heavy atom. The molecular formula is C14H16F2N2O4S. The average molecular weight is 346 g/mol. The summed E-state index contributed by atoms with van der Waals surface area (Å²) >= 11 is 0. The van der Waals surface area contributed by atoms with Gasteiger partial charge in [0.05, 0.1) is 17.4 Å². The van der Waals surface area contributed by atoms with Crippen molar-refractivity contribution in [2.45, 2.75) is 31.6 Å². The molecule has 0 aliphatic carbocycles. The van der Waals surface area contributed by atoms with Gasteiger partial charge in [0.15, 0.2) is 15.7 Å². The maximum absolute atomic E-state index is 13.6. The van der Waals surface area contributed by atoms with Gasteiger partial charge in [0, 0.05) is 6.42 Å². The van der Waals surface area contributed by atoms with Gasteiger partial charge < -0.3 is 9.63 Å². The Balaban J connectivity index is 2.11. The number of aryl methyl sites for hydroxylation is 1. The van der Waals surface area contributed by atoms with Crippen molar-refractivity contribution in [3.63, 3.8) is 0 Å². The monoisotopic (exact) mass is 346 g/mol. The third kappa shape index (κ3) is 4.55. The second kappa shape index (κ2) is 7.14. The van der Waals surface area contributed by atoms with Gasteiger partial charge in [0.2, 0.25) is 5.89 Å². The molecule has 0 fully saturated rings. The lowest BCUT2D eigenvalue weighted by Gasteiger charge is -2.12. The number of aromatic nitrogens is 2. The molecule has 1 unspecified atom stereocenters. The standard InChI is InChI=1S/C14H16F2N2O4S/c1-2-4-13-17-12(18-22-13)8-23(20,21)7-11(19)14-9(15)5-3-6-10(14)16/h3,5-6,11,19H,2,4,7-8H2,1H3. The molecule has 0 aliphatic rings. The molecule has 0 aliphatic heterocycles. The number of aliphatic hydroxyl groups is 1. The third-order valence-corrected chi connectivity index (χ3v) is 4.59. The van der Waals surface area contributed by atoms with E-state index in [0.29, 0.717) is 12.3 Å². The molecular weight excluding hydrogens is 330 g/mol. The smallest absolute Gasteiger partial charge is 0.226 e. The lowest BCUT2D eigenvalue weighted by Crippen LogP contribution is -2.18. The molecule has 0 saturated heterocycles. The van der Waals surface area contributed by atoms with E-state index in [1.54, 1.807) is 0 Å². The number of halogens is 2. The second-order valence-electron chi connectivity index (χ2n) is 5.06. The van der Waals surface area contributed by atoms with E-state index in [-0.39, 0.29) is 5.82 Å². The Labute approximate surface area is 132 Å². The summed E-state index contributed by atoms with van der Waals surface area (Å²) in [4.78, 5) is 3.91. The Kier molecular flexibility index (Phi) is 5.42. The van der Waals surface area contributed by atoms with E-state index in [1.165, 1.54) is 0 Å². The van der Waals surface area contributed by atoms with Crippen molar-refractivity contribution in [3.05, 3.63) is 47.1 Å². The number of benzene rings is 1. The topological polar surface area (TPSA) is 93.3 Å². The maximum Gasteiger partial charge on any atom is 0.226 e. The number of sulfone groups is 1. The van der Waals surface area contributed by atoms with Crippen LogP contribution in [0.3, 0.4) is 0 Å². The van der Waals surface area contributed by atoms with Crippen molar-refractivity contribution in [1.29, 1.82) is 0 Å². The van der Waals surface area contributed by atoms with Crippen LogP contribution in [0.2, 0.25) is 0 Å². The SMILES string of the molecule is CCCc1nc(CS(=O)(=O)CC(O)c2c(F)cccc2F)no1. The number of nitrogens with zero attached hydrogens (tertiary/aromatic N) is 2. The highest BCUT2D eigenvalue weighted by molar-refractivity contribution is 7.90. The molecule has 0 amide bonds. The predicted octanol–water partition coefficient (Wildman–Crippen LogP) is 1.95. The fourth-order valence-corrected chi connectivity index (χ4v) is 3.35. The predicted molar refractivity (Wildman–Crippen MR) is 77.1 cm³/mol. The number of hydrogen-bond acceptors (Lipinski definition) is 6. The van der Waals surface area contributed by atoms with E-state index in [2.05, 4.69) is 10.1 Å². The van der Waals surface area contributed by atoms with Crippen molar-refractivity contribution in [1.82, 2.24) is 10.1 Å². The van der Waals surface area contributed by atoms with Gasteiger partial charge in [-0.15, -0.1) is 0 Å². The van der Waals surface area contributed by atoms with Crippen LogP contribution in [-0.2, 0) is 22.0 Å². The average Bonchev–Trinajstić information content (AvgIpc) is 2.84. The number of rotatable bonds is 7. The zero-order chi connectivity index (χ0) is 17.0. The molecule has 2 rings (SSSR count). The third-order valence-electron chi connectivity index (χ3n) is 3.07. The highest BCUT2D eigenvalue weighted by atomic mass is 32.2. The molecule has 0 saturated carbocycles. The van der Waals surface area contributed by atoms with E-state index < -0.39 is 44.6 Å². The fraction of sp³-hybridized carbons (Fsp3) is 0.429. The van der Waals surface area contributed by atoms with Crippen molar-refractivity contribution < 1.29 is 26.8 Å². The van der Waals surface area contributed by atoms with E-state index >= 15 is 0 Å². The first kappa shape index (κ1) is 17.5. The highest BCUT2D eigenvalue weighted by Gasteiger charge is 2.26. The Bertz CT molecular complexity index is 757. The lowest BCUT2D eigenvalue weighted by atomic mass is 10.1. The quantitative estimate of drug-likeness (QED) is 0.824. The maximum atomic E-state index is 13.6. The van der Waals surface area contributed by atoms with Crippen LogP contribution in [0.4, 0.5) is 8.78 Å². The van der Waals surface area contributed by atoms with Crippen molar-refractivity contribution in [2.75, 3.05) is 5.75 Å². The minimum absolute atomic E-state index is 0.0466. The molecule has 0 bridgehead atoms. The molecule has 9 heteroatoms. The lowest BCUT2D eigenvalue weighted by molar-refractivity contribution is 0.191. The Morgan fingerprint density at radius 3 is 2.57 bits per heavy atom. The molecule has 1 aromatic carbocycles. The normalized spacial score (nSPS) is 13.2. The van der Waals surface area contributed by atoms with E-state index in [4.69, 9.17) is 4.52 Å². The van der Waals surface area contributed by atoms with Crippen LogP contribution in [0.1, 0.15) is 36.7 Å². The van der Waals surface area contributed by atoms with Crippen LogP contribution >= 0.6 is 0 Å². The molecule has 1 aromatic heterocycles. The van der Waals surface area contributed by atoms with Gasteiger partial charge in [-0.25, -0.2) is 17.2 Å². The molecule has 126 valence electrons. The Morgan fingerprint density at radius 2 is 1.96 bits per heavy atom. The van der Waals surface area contributed by atoms with Gasteiger partial charge in [0.1, 0.15) is 17.4 Å². The van der Waals surface area contributed by atoms with Crippen LogP contribution in [0.5, 0.6) is 0 Å². The molecule has 23 heavy (non-hydrogen) atoms. The fourth-order valence-electron chi connectivity index (χ4n) is 2.07. The molecule has 1 N–H and O–H groups in total. The van der Waals surface area contributed by atoms with Crippen LogP contribution in [0.15, 0.2) is 22.7 Å². The first-order valence-electron chi connectivity index (χ1n) is 6.96. The largest absolute Gasteiger partial charge is 0.387 e. The second-order valence-corrected chi connectivity index (χ2v) is 7.17. The van der Waals surface area contributed by atoms with E-state index in [9.17, 15) is 22.3 Å². The summed E-state index contributed by atoms with van der Waals surface area (Å²) in [6, 6.07) is 3.03. The molecule has 0 radical (unpaired) electrons. The minimum Gasteiger partial charge on any atom is -0.387 e. The summed E-state index contributed by atoms with van der Waals surface area (Å²) in [5, 5.41) is 13.4. The molecule has 1 atom stereocenters. The van der Waals surface area contributed by atoms with Gasteiger partial charge >= 0.3 is 0 Å². The highest BCUT2D eigenvalue weighted by Crippen LogP contribution is 2.23. The summed E-state index contributed by atoms with van der Waals surface area (Å²) in [6.45, 7) is 1.90. The van der Waals surface area contributed by atoms with E-state index in [0.717, 1.165) is 24.6 Å². The molecule has 2 aromatic rings. The van der Waals surface area contributed by atoms with Gasteiger partial charge in [-0.2, -0.15) is 4.98 Å². The van der Waals surface area contributed by atoms with Crippen LogP contribution in [0.25, 0.3) is 0 Å². The minimum atomic E-state index is -3.89. The first-order chi connectivity index (χ1) is 10.8. The van der Waals surface area contributed by atoms with Gasteiger partial charge in [-0.1, -0.05) is 18.1 Å². The van der Waals surface area contributed by atoms with Gasteiger partial charge in [-0.3, -0.25) is 0 Å². The van der Waals surface area contributed by atoms with Gasteiger partial charge in [-0.05, 0) is 18.6 Å². The zero-order valence-corrected chi connectivity index (χ0v) is 13.2. The summed E-state index contributed by atoms with van der Waals surface area (Å²) < 4.78 is 56.1. The molecule has 0 spiro atoms.